The molecule has 0 bridgehead atoms. The Labute approximate surface area is 239 Å². The van der Waals surface area contributed by atoms with Gasteiger partial charge in [-0.25, -0.2) is 9.59 Å². The SMILES string of the molecule is C.CN(C)CCn1cc(C(=O)O)cc(Br)c1=O.COC(=O)c1cc(Br)c(=O)n(CCN(C)C)c1.[Li+].[OH-]. The first-order chi connectivity index (χ1) is 15.4. The molecule has 2 aromatic rings. The third-order valence-electron chi connectivity index (χ3n) is 4.33. The molecule has 2 rings (SSSR count). The van der Waals surface area contributed by atoms with Crippen molar-refractivity contribution in [3.05, 3.63) is 65.3 Å². The third-order valence-corrected chi connectivity index (χ3v) is 5.47. The first-order valence-corrected chi connectivity index (χ1v) is 11.4. The number of carboxylic acid groups (broad SMARTS) is 1. The molecular formula is C22H33Br2LiN4O7. The molecule has 2 aromatic heterocycles. The number of carboxylic acids is 1. The predicted octanol–water partition coefficient (Wildman–Crippen LogP) is -0.707. The van der Waals surface area contributed by atoms with Gasteiger partial charge in [0.2, 0.25) is 0 Å². The summed E-state index contributed by atoms with van der Waals surface area (Å²) in [6.45, 7) is 2.38. The van der Waals surface area contributed by atoms with E-state index >= 15 is 0 Å². The molecule has 2 heterocycles. The summed E-state index contributed by atoms with van der Waals surface area (Å²) in [6, 6.07) is 2.79. The molecule has 0 amide bonds. The molecule has 0 unspecified atom stereocenters. The van der Waals surface area contributed by atoms with Crippen LogP contribution in [0.25, 0.3) is 0 Å². The van der Waals surface area contributed by atoms with Gasteiger partial charge in [-0.15, -0.1) is 0 Å². The van der Waals surface area contributed by atoms with Crippen molar-refractivity contribution in [1.82, 2.24) is 18.9 Å². The summed E-state index contributed by atoms with van der Waals surface area (Å²) in [5.41, 5.74) is 0.0920. The van der Waals surface area contributed by atoms with E-state index in [4.69, 9.17) is 5.11 Å². The van der Waals surface area contributed by atoms with Crippen molar-refractivity contribution in [2.45, 2.75) is 20.5 Å². The zero-order valence-corrected chi connectivity index (χ0v) is 23.8. The molecule has 0 saturated heterocycles. The first-order valence-electron chi connectivity index (χ1n) is 9.78. The van der Waals surface area contributed by atoms with Crippen LogP contribution in [-0.2, 0) is 17.8 Å². The van der Waals surface area contributed by atoms with Crippen LogP contribution in [0.15, 0.2) is 43.1 Å². The molecule has 0 aliphatic heterocycles. The number of halogens is 2. The van der Waals surface area contributed by atoms with Crippen LogP contribution >= 0.6 is 31.9 Å². The van der Waals surface area contributed by atoms with Crippen molar-refractivity contribution >= 4 is 43.8 Å². The molecule has 0 radical (unpaired) electrons. The maximum absolute atomic E-state index is 11.8. The van der Waals surface area contributed by atoms with Crippen LogP contribution in [0.2, 0.25) is 0 Å². The second-order valence-electron chi connectivity index (χ2n) is 7.55. The number of carbonyl (C=O) groups is 2. The van der Waals surface area contributed by atoms with E-state index in [1.807, 2.05) is 38.0 Å². The van der Waals surface area contributed by atoms with Crippen LogP contribution < -0.4 is 30.0 Å². The molecule has 14 heteroatoms. The molecule has 11 nitrogen and oxygen atoms in total. The molecule has 0 saturated carbocycles. The van der Waals surface area contributed by atoms with Crippen LogP contribution in [0, 0.1) is 0 Å². The second-order valence-corrected chi connectivity index (χ2v) is 9.26. The molecule has 0 aliphatic carbocycles. The minimum atomic E-state index is -1.04. The first kappa shape index (κ1) is 38.8. The number of hydrogen-bond donors (Lipinski definition) is 1. The van der Waals surface area contributed by atoms with Gasteiger partial charge in [-0.2, -0.15) is 0 Å². The Morgan fingerprint density at radius 2 is 1.25 bits per heavy atom. The fraction of sp³-hybridized carbons (Fsp3) is 0.455. The number of likely N-dealkylation sites (N-methyl/N-ethyl adjacent to an activating group) is 2. The summed E-state index contributed by atoms with van der Waals surface area (Å²) < 4.78 is 8.15. The fourth-order valence-corrected chi connectivity index (χ4v) is 3.44. The van der Waals surface area contributed by atoms with Gasteiger partial charge in [-0.05, 0) is 72.2 Å². The normalized spacial score (nSPS) is 9.81. The van der Waals surface area contributed by atoms with Gasteiger partial charge < -0.3 is 34.3 Å². The molecule has 0 aliphatic rings. The Balaban J connectivity index is -0.000000559. The van der Waals surface area contributed by atoms with Gasteiger partial charge in [-0.1, -0.05) is 7.43 Å². The molecule has 2 N–H and O–H groups in total. The number of ether oxygens (including phenoxy) is 1. The monoisotopic (exact) mass is 630 g/mol. The summed E-state index contributed by atoms with van der Waals surface area (Å²) >= 11 is 6.21. The van der Waals surface area contributed by atoms with E-state index in [0.29, 0.717) is 29.7 Å². The van der Waals surface area contributed by atoms with Gasteiger partial charge in [0.05, 0.1) is 27.2 Å². The van der Waals surface area contributed by atoms with E-state index in [1.54, 1.807) is 0 Å². The standard InChI is InChI=1S/C11H15BrN2O3.C10H13BrN2O3.CH4.Li.H2O/c1-13(2)4-5-14-7-8(11(16)17-3)6-9(12)10(14)15;1-12(2)3-4-13-6-7(10(15)16)5-8(11)9(13)14;;;/h6-7H,4-5H2,1-3H3;5-6H,3-4H2,1-2H3,(H,15,16);1H4;;1H2/q;;;+1;/p-1. The molecule has 0 atom stereocenters. The molecule has 0 spiro atoms. The van der Waals surface area contributed by atoms with Crippen molar-refractivity contribution in [2.75, 3.05) is 48.4 Å². The minimum Gasteiger partial charge on any atom is -0.870 e. The van der Waals surface area contributed by atoms with E-state index in [-0.39, 0.29) is 52.9 Å². The zero-order valence-electron chi connectivity index (χ0n) is 20.6. The van der Waals surface area contributed by atoms with Crippen molar-refractivity contribution in [3.8, 4) is 0 Å². The van der Waals surface area contributed by atoms with Gasteiger partial charge in [0.25, 0.3) is 11.1 Å². The Bertz CT molecular complexity index is 1100. The van der Waals surface area contributed by atoms with E-state index in [2.05, 4.69) is 36.6 Å². The second kappa shape index (κ2) is 18.5. The number of hydrogen-bond acceptors (Lipinski definition) is 8. The van der Waals surface area contributed by atoms with E-state index in [9.17, 15) is 19.2 Å². The summed E-state index contributed by atoms with van der Waals surface area (Å²) in [5.74, 6) is -1.50. The fourth-order valence-electron chi connectivity index (χ4n) is 2.49. The third kappa shape index (κ3) is 12.5. The quantitative estimate of drug-likeness (QED) is 0.295. The number of carbonyl (C=O) groups excluding carboxylic acids is 1. The molecule has 0 aromatic carbocycles. The average Bonchev–Trinajstić information content (AvgIpc) is 2.75. The molecule has 0 fully saturated rings. The minimum absolute atomic E-state index is 0. The summed E-state index contributed by atoms with van der Waals surface area (Å²) in [4.78, 5) is 49.5. The van der Waals surface area contributed by atoms with Crippen molar-refractivity contribution < 1.29 is 43.8 Å². The van der Waals surface area contributed by atoms with Gasteiger partial charge in [0, 0.05) is 38.6 Å². The Morgan fingerprint density at radius 3 is 1.58 bits per heavy atom. The summed E-state index contributed by atoms with van der Waals surface area (Å²) in [6.07, 6.45) is 2.88. The maximum atomic E-state index is 11.8. The van der Waals surface area contributed by atoms with E-state index < -0.39 is 11.9 Å². The average molecular weight is 632 g/mol. The Morgan fingerprint density at radius 1 is 0.889 bits per heavy atom. The number of esters is 1. The summed E-state index contributed by atoms with van der Waals surface area (Å²) in [5, 5.41) is 8.86. The Hall–Kier alpha value is -1.72. The number of methoxy groups -OCH3 is 1. The maximum Gasteiger partial charge on any atom is 1.00 e. The largest absolute Gasteiger partial charge is 1.00 e. The predicted molar refractivity (Wildman–Crippen MR) is 141 cm³/mol. The van der Waals surface area contributed by atoms with Crippen LogP contribution in [0.1, 0.15) is 28.1 Å². The van der Waals surface area contributed by atoms with E-state index in [1.165, 1.54) is 40.8 Å². The van der Waals surface area contributed by atoms with Crippen LogP contribution in [0.5, 0.6) is 0 Å². The molecule has 36 heavy (non-hydrogen) atoms. The van der Waals surface area contributed by atoms with Crippen molar-refractivity contribution in [1.29, 1.82) is 0 Å². The summed E-state index contributed by atoms with van der Waals surface area (Å²) in [7, 11) is 8.93. The smallest absolute Gasteiger partial charge is 0.870 e. The van der Waals surface area contributed by atoms with Gasteiger partial charge in [-0.3, -0.25) is 9.59 Å². The Kier molecular flexibility index (Phi) is 20.0. The van der Waals surface area contributed by atoms with Crippen LogP contribution in [0.3, 0.4) is 0 Å². The van der Waals surface area contributed by atoms with E-state index in [0.717, 1.165) is 6.54 Å². The van der Waals surface area contributed by atoms with Gasteiger partial charge in [0.1, 0.15) is 0 Å². The number of rotatable bonds is 8. The molecular weight excluding hydrogens is 599 g/mol. The van der Waals surface area contributed by atoms with Crippen molar-refractivity contribution in [2.24, 2.45) is 0 Å². The molecule has 198 valence electrons. The number of aromatic carboxylic acids is 1. The van der Waals surface area contributed by atoms with Crippen LogP contribution in [0.4, 0.5) is 0 Å². The van der Waals surface area contributed by atoms with Crippen molar-refractivity contribution in [3.63, 3.8) is 0 Å². The number of aromatic nitrogens is 2. The zero-order chi connectivity index (χ0) is 25.3. The number of pyridine rings is 2. The van der Waals surface area contributed by atoms with Gasteiger partial charge in [0.15, 0.2) is 0 Å². The topological polar surface area (TPSA) is 144 Å². The number of nitrogens with zero attached hydrogens (tertiary/aromatic N) is 4. The van der Waals surface area contributed by atoms with Crippen LogP contribution in [-0.4, -0.2) is 89.8 Å². The van der Waals surface area contributed by atoms with Gasteiger partial charge >= 0.3 is 30.8 Å².